The lowest BCUT2D eigenvalue weighted by molar-refractivity contribution is 0.0268. The molecular formula is C22H23FN6O4. The van der Waals surface area contributed by atoms with E-state index in [4.69, 9.17) is 9.26 Å². The van der Waals surface area contributed by atoms with Gasteiger partial charge in [0.05, 0.1) is 23.0 Å². The van der Waals surface area contributed by atoms with Crippen LogP contribution in [0.4, 0.5) is 9.18 Å². The molecule has 1 saturated heterocycles. The zero-order valence-corrected chi connectivity index (χ0v) is 18.7. The number of halogens is 1. The zero-order chi connectivity index (χ0) is 23.5. The third-order valence-corrected chi connectivity index (χ3v) is 5.61. The third-order valence-electron chi connectivity index (χ3n) is 5.61. The van der Waals surface area contributed by atoms with Crippen LogP contribution in [0.5, 0.6) is 0 Å². The molecule has 3 aromatic rings. The summed E-state index contributed by atoms with van der Waals surface area (Å²) >= 11 is 0. The minimum Gasteiger partial charge on any atom is -0.444 e. The summed E-state index contributed by atoms with van der Waals surface area (Å²) in [6.45, 7) is 6.00. The number of imidazole rings is 1. The molecule has 2 amide bonds. The molecule has 0 aliphatic carbocycles. The molecule has 4 heterocycles. The van der Waals surface area contributed by atoms with Crippen molar-refractivity contribution in [2.75, 3.05) is 13.6 Å². The highest BCUT2D eigenvalue weighted by Gasteiger charge is 2.42. The first-order valence-corrected chi connectivity index (χ1v) is 10.6. The van der Waals surface area contributed by atoms with Crippen molar-refractivity contribution in [3.8, 4) is 17.2 Å². The Morgan fingerprint density at radius 2 is 2.15 bits per heavy atom. The second-order valence-corrected chi connectivity index (χ2v) is 9.16. The molecule has 0 radical (unpaired) electrons. The summed E-state index contributed by atoms with van der Waals surface area (Å²) in [6.07, 6.45) is 1.82. The van der Waals surface area contributed by atoms with Crippen molar-refractivity contribution < 1.29 is 23.2 Å². The molecule has 11 heteroatoms. The van der Waals surface area contributed by atoms with Gasteiger partial charge in [-0.05, 0) is 45.4 Å². The number of hydrogen-bond donors (Lipinski definition) is 0. The van der Waals surface area contributed by atoms with Crippen LogP contribution < -0.4 is 0 Å². The number of fused-ring (bicyclic) bond motifs is 5. The molecule has 0 unspecified atom stereocenters. The van der Waals surface area contributed by atoms with Crippen molar-refractivity contribution in [3.05, 3.63) is 47.5 Å². The van der Waals surface area contributed by atoms with Gasteiger partial charge in [0, 0.05) is 13.6 Å². The maximum Gasteiger partial charge on any atom is 0.410 e. The van der Waals surface area contributed by atoms with Crippen LogP contribution in [0.15, 0.2) is 29.0 Å². The van der Waals surface area contributed by atoms with Gasteiger partial charge in [-0.3, -0.25) is 9.36 Å². The highest BCUT2D eigenvalue weighted by molar-refractivity contribution is 5.99. The molecule has 1 atom stereocenters. The second-order valence-electron chi connectivity index (χ2n) is 9.16. The zero-order valence-electron chi connectivity index (χ0n) is 18.7. The molecule has 172 valence electrons. The molecular weight excluding hydrogens is 431 g/mol. The van der Waals surface area contributed by atoms with E-state index < -0.39 is 17.5 Å². The van der Waals surface area contributed by atoms with Crippen LogP contribution in [-0.4, -0.2) is 60.7 Å². The SMILES string of the molecule is CN(Cc1nc(-c2ncn3c2[C@@H]2CCN2C(=O)c2cc(F)ccc2-3)no1)C(=O)OC(C)(C)C. The number of nitrogens with zero attached hydrogens (tertiary/aromatic N) is 6. The van der Waals surface area contributed by atoms with Gasteiger partial charge in [-0.1, -0.05) is 5.16 Å². The van der Waals surface area contributed by atoms with E-state index in [1.165, 1.54) is 17.0 Å². The minimum absolute atomic E-state index is 0.0636. The molecule has 0 N–H and O–H groups in total. The lowest BCUT2D eigenvalue weighted by Gasteiger charge is -2.39. The van der Waals surface area contributed by atoms with Crippen molar-refractivity contribution in [3.63, 3.8) is 0 Å². The lowest BCUT2D eigenvalue weighted by Crippen LogP contribution is -2.44. The van der Waals surface area contributed by atoms with Gasteiger partial charge in [-0.2, -0.15) is 4.98 Å². The molecule has 0 bridgehead atoms. The van der Waals surface area contributed by atoms with Gasteiger partial charge in [0.2, 0.25) is 11.7 Å². The Kier molecular flexibility index (Phi) is 4.73. The molecule has 10 nitrogen and oxygen atoms in total. The van der Waals surface area contributed by atoms with Crippen LogP contribution in [0, 0.1) is 5.82 Å². The quantitative estimate of drug-likeness (QED) is 0.597. The van der Waals surface area contributed by atoms with Crippen LogP contribution >= 0.6 is 0 Å². The first-order chi connectivity index (χ1) is 15.6. The third kappa shape index (κ3) is 3.62. The number of carbonyl (C=O) groups is 2. The number of benzene rings is 1. The van der Waals surface area contributed by atoms with Gasteiger partial charge in [0.15, 0.2) is 0 Å². The number of carbonyl (C=O) groups excluding carboxylic acids is 2. The monoisotopic (exact) mass is 454 g/mol. The summed E-state index contributed by atoms with van der Waals surface area (Å²) in [5.74, 6) is -0.220. The summed E-state index contributed by atoms with van der Waals surface area (Å²) in [5, 5.41) is 4.05. The molecule has 1 aromatic carbocycles. The van der Waals surface area contributed by atoms with Gasteiger partial charge in [-0.25, -0.2) is 14.2 Å². The average Bonchev–Trinajstić information content (AvgIpc) is 3.31. The average molecular weight is 454 g/mol. The molecule has 0 saturated carbocycles. The summed E-state index contributed by atoms with van der Waals surface area (Å²) in [4.78, 5) is 37.1. The molecule has 2 aliphatic rings. The van der Waals surface area contributed by atoms with Crippen LogP contribution in [0.3, 0.4) is 0 Å². The van der Waals surface area contributed by atoms with Gasteiger partial charge in [0.1, 0.15) is 30.0 Å². The smallest absolute Gasteiger partial charge is 0.410 e. The number of amides is 2. The predicted molar refractivity (Wildman–Crippen MR) is 113 cm³/mol. The van der Waals surface area contributed by atoms with E-state index >= 15 is 0 Å². The number of aromatic nitrogens is 4. The van der Waals surface area contributed by atoms with Crippen LogP contribution in [0.1, 0.15) is 55.2 Å². The summed E-state index contributed by atoms with van der Waals surface area (Å²) in [7, 11) is 1.58. The topological polar surface area (TPSA) is 107 Å². The predicted octanol–water partition coefficient (Wildman–Crippen LogP) is 3.33. The van der Waals surface area contributed by atoms with Crippen molar-refractivity contribution >= 4 is 12.0 Å². The fourth-order valence-corrected chi connectivity index (χ4v) is 4.02. The molecule has 33 heavy (non-hydrogen) atoms. The highest BCUT2D eigenvalue weighted by atomic mass is 19.1. The van der Waals surface area contributed by atoms with E-state index in [1.807, 2.05) is 0 Å². The van der Waals surface area contributed by atoms with Gasteiger partial charge in [0.25, 0.3) is 5.91 Å². The summed E-state index contributed by atoms with van der Waals surface area (Å²) in [5.41, 5.74) is 1.44. The second kappa shape index (κ2) is 7.39. The maximum absolute atomic E-state index is 13.9. The normalized spacial score (nSPS) is 16.9. The lowest BCUT2D eigenvalue weighted by atomic mass is 9.97. The maximum atomic E-state index is 13.9. The van der Waals surface area contributed by atoms with Crippen LogP contribution in [-0.2, 0) is 11.3 Å². The van der Waals surface area contributed by atoms with Crippen LogP contribution in [0.2, 0.25) is 0 Å². The van der Waals surface area contributed by atoms with Crippen molar-refractivity contribution in [1.82, 2.24) is 29.5 Å². The Morgan fingerprint density at radius 1 is 1.36 bits per heavy atom. The van der Waals surface area contributed by atoms with E-state index in [0.717, 1.165) is 12.1 Å². The highest BCUT2D eigenvalue weighted by Crippen LogP contribution is 2.43. The van der Waals surface area contributed by atoms with Crippen LogP contribution in [0.25, 0.3) is 17.2 Å². The van der Waals surface area contributed by atoms with Crippen molar-refractivity contribution in [2.45, 2.75) is 45.4 Å². The fraction of sp³-hybridized carbons (Fsp3) is 0.409. The first kappa shape index (κ1) is 21.1. The number of ether oxygens (including phenoxy) is 1. The van der Waals surface area contributed by atoms with E-state index in [2.05, 4.69) is 15.1 Å². The first-order valence-electron chi connectivity index (χ1n) is 10.6. The van der Waals surface area contributed by atoms with Gasteiger partial charge in [-0.15, -0.1) is 0 Å². The molecule has 2 aromatic heterocycles. The van der Waals surface area contributed by atoms with E-state index in [9.17, 15) is 14.0 Å². The minimum atomic E-state index is -0.620. The van der Waals surface area contributed by atoms with Crippen molar-refractivity contribution in [2.24, 2.45) is 0 Å². The molecule has 2 aliphatic heterocycles. The Hall–Kier alpha value is -3.76. The fourth-order valence-electron chi connectivity index (χ4n) is 4.02. The molecule has 5 rings (SSSR count). The van der Waals surface area contributed by atoms with Gasteiger partial charge >= 0.3 is 6.09 Å². The Bertz CT molecular complexity index is 1260. The van der Waals surface area contributed by atoms with E-state index in [1.54, 1.807) is 49.7 Å². The Morgan fingerprint density at radius 3 is 2.85 bits per heavy atom. The summed E-state index contributed by atoms with van der Waals surface area (Å²) < 4.78 is 26.4. The Balaban J connectivity index is 1.47. The molecule has 0 spiro atoms. The largest absolute Gasteiger partial charge is 0.444 e. The number of hydrogen-bond acceptors (Lipinski definition) is 7. The summed E-state index contributed by atoms with van der Waals surface area (Å²) in [6, 6.07) is 3.91. The standard InChI is InChI=1S/C22H23FN6O4/c1-22(2,3)32-21(31)27(4)10-16-25-19(26-33-16)17-18-15-7-8-28(15)20(30)13-9-12(23)5-6-14(13)29(18)11-24-17/h5-6,9,11,15H,7-8,10H2,1-4H3/t15-/m0/s1. The van der Waals surface area contributed by atoms with E-state index in [-0.39, 0.29) is 35.8 Å². The van der Waals surface area contributed by atoms with E-state index in [0.29, 0.717) is 17.9 Å². The Labute approximate surface area is 188 Å². The van der Waals surface area contributed by atoms with Crippen molar-refractivity contribution in [1.29, 1.82) is 0 Å². The molecule has 1 fully saturated rings. The van der Waals surface area contributed by atoms with Gasteiger partial charge < -0.3 is 19.1 Å². The number of rotatable bonds is 3.